The van der Waals surface area contributed by atoms with Crippen LogP contribution in [0.1, 0.15) is 24.2 Å². The molecule has 0 spiro atoms. The molecule has 4 nitrogen and oxygen atoms in total. The Kier molecular flexibility index (Phi) is 4.18. The van der Waals surface area contributed by atoms with Crippen molar-refractivity contribution in [2.45, 2.75) is 19.8 Å². The van der Waals surface area contributed by atoms with E-state index in [0.29, 0.717) is 0 Å². The summed E-state index contributed by atoms with van der Waals surface area (Å²) in [6.45, 7) is 4.36. The molecule has 2 aromatic heterocycles. The highest BCUT2D eigenvalue weighted by molar-refractivity contribution is 5.84. The van der Waals surface area contributed by atoms with Crippen molar-refractivity contribution in [1.82, 2.24) is 9.55 Å². The normalized spacial score (nSPS) is 14.7. The quantitative estimate of drug-likeness (QED) is 0.700. The van der Waals surface area contributed by atoms with Gasteiger partial charge in [-0.2, -0.15) is 0 Å². The molecule has 128 valence electrons. The summed E-state index contributed by atoms with van der Waals surface area (Å²) in [4.78, 5) is 7.11. The van der Waals surface area contributed by atoms with E-state index in [9.17, 15) is 0 Å². The van der Waals surface area contributed by atoms with Crippen LogP contribution in [0, 0.1) is 6.92 Å². The van der Waals surface area contributed by atoms with Crippen molar-refractivity contribution in [3.63, 3.8) is 0 Å². The monoisotopic (exact) mass is 333 g/mol. The molecule has 1 saturated heterocycles. The van der Waals surface area contributed by atoms with Crippen LogP contribution in [0.3, 0.4) is 0 Å². The van der Waals surface area contributed by atoms with Gasteiger partial charge in [-0.1, -0.05) is 0 Å². The zero-order chi connectivity index (χ0) is 17.2. The molecule has 3 aromatic rings. The predicted octanol–water partition coefficient (Wildman–Crippen LogP) is 4.58. The summed E-state index contributed by atoms with van der Waals surface area (Å²) in [7, 11) is 1.69. The molecule has 25 heavy (non-hydrogen) atoms. The number of benzene rings is 1. The third-order valence-corrected chi connectivity index (χ3v) is 4.76. The van der Waals surface area contributed by atoms with E-state index in [2.05, 4.69) is 70.2 Å². The number of aromatic nitrogens is 2. The van der Waals surface area contributed by atoms with Gasteiger partial charge in [0.15, 0.2) is 0 Å². The van der Waals surface area contributed by atoms with Gasteiger partial charge in [-0.25, -0.2) is 0 Å². The highest BCUT2D eigenvalue weighted by Gasteiger charge is 2.13. The highest BCUT2D eigenvalue weighted by Crippen LogP contribution is 2.24. The van der Waals surface area contributed by atoms with E-state index in [4.69, 9.17) is 4.74 Å². The number of anilines is 1. The molecule has 0 unspecified atom stereocenters. The minimum atomic E-state index is 0.879. The first-order chi connectivity index (χ1) is 12.2. The van der Waals surface area contributed by atoms with Gasteiger partial charge in [0.05, 0.1) is 18.3 Å². The summed E-state index contributed by atoms with van der Waals surface area (Å²) in [6, 6.07) is 12.6. The number of rotatable bonds is 4. The second kappa shape index (κ2) is 6.63. The van der Waals surface area contributed by atoms with Crippen LogP contribution in [0.4, 0.5) is 5.69 Å². The maximum absolute atomic E-state index is 5.29. The average molecular weight is 333 g/mol. The summed E-state index contributed by atoms with van der Waals surface area (Å²) in [5, 5.41) is 1.17. The lowest BCUT2D eigenvalue weighted by atomic mass is 10.2. The summed E-state index contributed by atoms with van der Waals surface area (Å²) in [5.74, 6) is 0.879. The van der Waals surface area contributed by atoms with Gasteiger partial charge in [0.1, 0.15) is 5.75 Å². The van der Waals surface area contributed by atoms with Gasteiger partial charge in [-0.15, -0.1) is 0 Å². The zero-order valence-corrected chi connectivity index (χ0v) is 14.8. The SMILES string of the molecule is COc1ccc2c(ccn2/C=C/c2cc(N3CCCC3)cc(C)n2)c1. The summed E-state index contributed by atoms with van der Waals surface area (Å²) < 4.78 is 7.41. The molecule has 0 aliphatic carbocycles. The lowest BCUT2D eigenvalue weighted by molar-refractivity contribution is 0.415. The minimum absolute atomic E-state index is 0.879. The van der Waals surface area contributed by atoms with Crippen LogP contribution in [0.5, 0.6) is 5.75 Å². The van der Waals surface area contributed by atoms with Gasteiger partial charge in [0.25, 0.3) is 0 Å². The molecular weight excluding hydrogens is 310 g/mol. The Morgan fingerprint density at radius 2 is 1.92 bits per heavy atom. The molecule has 0 bridgehead atoms. The van der Waals surface area contributed by atoms with Crippen LogP contribution in [-0.4, -0.2) is 29.8 Å². The van der Waals surface area contributed by atoms with Crippen LogP contribution in [-0.2, 0) is 0 Å². The van der Waals surface area contributed by atoms with E-state index in [1.807, 2.05) is 6.07 Å². The molecule has 0 amide bonds. The molecule has 4 rings (SSSR count). The fourth-order valence-corrected chi connectivity index (χ4v) is 3.47. The van der Waals surface area contributed by atoms with Gasteiger partial charge in [0, 0.05) is 42.3 Å². The third-order valence-electron chi connectivity index (χ3n) is 4.76. The van der Waals surface area contributed by atoms with Crippen LogP contribution >= 0.6 is 0 Å². The van der Waals surface area contributed by atoms with Gasteiger partial charge >= 0.3 is 0 Å². The number of aryl methyl sites for hydroxylation is 1. The molecule has 0 N–H and O–H groups in total. The first-order valence-electron chi connectivity index (χ1n) is 8.79. The Hall–Kier alpha value is -2.75. The van der Waals surface area contributed by atoms with Gasteiger partial charge in [0.2, 0.25) is 0 Å². The highest BCUT2D eigenvalue weighted by atomic mass is 16.5. The largest absolute Gasteiger partial charge is 0.497 e. The number of ether oxygens (including phenoxy) is 1. The first kappa shape index (κ1) is 15.8. The molecule has 1 aromatic carbocycles. The van der Waals surface area contributed by atoms with Crippen molar-refractivity contribution in [2.75, 3.05) is 25.1 Å². The first-order valence-corrected chi connectivity index (χ1v) is 8.79. The Bertz CT molecular complexity index is 920. The van der Waals surface area contributed by atoms with E-state index in [-0.39, 0.29) is 0 Å². The summed E-state index contributed by atoms with van der Waals surface area (Å²) in [5.41, 5.74) is 4.50. The smallest absolute Gasteiger partial charge is 0.119 e. The minimum Gasteiger partial charge on any atom is -0.497 e. The summed E-state index contributed by atoms with van der Waals surface area (Å²) in [6.07, 6.45) is 8.79. The lowest BCUT2D eigenvalue weighted by Gasteiger charge is -2.18. The van der Waals surface area contributed by atoms with Crippen LogP contribution < -0.4 is 9.64 Å². The van der Waals surface area contributed by atoms with Crippen molar-refractivity contribution >= 4 is 28.9 Å². The standard InChI is InChI=1S/C21H23N3O/c1-16-13-19(23-9-3-4-10-23)15-18(22-16)8-12-24-11-7-17-14-20(25-2)5-6-21(17)24/h5-8,11-15H,3-4,9-10H2,1-2H3/b12-8+. The Morgan fingerprint density at radius 1 is 1.08 bits per heavy atom. The Labute approximate surface area is 148 Å². The number of hydrogen-bond donors (Lipinski definition) is 0. The number of pyridine rings is 1. The summed E-state index contributed by atoms with van der Waals surface area (Å²) >= 11 is 0. The molecule has 1 aliphatic heterocycles. The molecule has 1 aliphatic rings. The lowest BCUT2D eigenvalue weighted by Crippen LogP contribution is -2.17. The maximum atomic E-state index is 5.29. The topological polar surface area (TPSA) is 30.3 Å². The number of methoxy groups -OCH3 is 1. The predicted molar refractivity (Wildman–Crippen MR) is 104 cm³/mol. The zero-order valence-electron chi connectivity index (χ0n) is 14.8. The molecule has 0 radical (unpaired) electrons. The van der Waals surface area contributed by atoms with Crippen molar-refractivity contribution in [2.24, 2.45) is 0 Å². The molecule has 0 atom stereocenters. The Balaban J connectivity index is 1.63. The van der Waals surface area contributed by atoms with Crippen LogP contribution in [0.25, 0.3) is 23.2 Å². The van der Waals surface area contributed by atoms with Gasteiger partial charge in [-0.3, -0.25) is 4.98 Å². The molecule has 3 heterocycles. The third kappa shape index (κ3) is 3.25. The van der Waals surface area contributed by atoms with Crippen LogP contribution in [0.2, 0.25) is 0 Å². The van der Waals surface area contributed by atoms with Crippen molar-refractivity contribution < 1.29 is 4.74 Å². The number of fused-ring (bicyclic) bond motifs is 1. The van der Waals surface area contributed by atoms with Crippen LogP contribution in [0.15, 0.2) is 42.6 Å². The Morgan fingerprint density at radius 3 is 2.72 bits per heavy atom. The van der Waals surface area contributed by atoms with Crippen molar-refractivity contribution in [1.29, 1.82) is 0 Å². The van der Waals surface area contributed by atoms with Gasteiger partial charge < -0.3 is 14.2 Å². The van der Waals surface area contributed by atoms with Crippen molar-refractivity contribution in [3.05, 3.63) is 54.0 Å². The van der Waals surface area contributed by atoms with E-state index in [0.717, 1.165) is 35.7 Å². The molecule has 4 heteroatoms. The number of hydrogen-bond acceptors (Lipinski definition) is 3. The second-order valence-electron chi connectivity index (χ2n) is 6.55. The van der Waals surface area contributed by atoms with Crippen molar-refractivity contribution in [3.8, 4) is 5.75 Å². The fourth-order valence-electron chi connectivity index (χ4n) is 3.47. The van der Waals surface area contributed by atoms with Gasteiger partial charge in [-0.05, 0) is 62.2 Å². The van der Waals surface area contributed by atoms with E-state index in [1.165, 1.54) is 23.9 Å². The molecule has 1 fully saturated rings. The maximum Gasteiger partial charge on any atom is 0.119 e. The average Bonchev–Trinajstić information content (AvgIpc) is 3.29. The fraction of sp³-hybridized carbons (Fsp3) is 0.286. The molecule has 0 saturated carbocycles. The van der Waals surface area contributed by atoms with E-state index in [1.54, 1.807) is 7.11 Å². The van der Waals surface area contributed by atoms with E-state index >= 15 is 0 Å². The van der Waals surface area contributed by atoms with E-state index < -0.39 is 0 Å². The number of nitrogens with zero attached hydrogens (tertiary/aromatic N) is 3. The second-order valence-corrected chi connectivity index (χ2v) is 6.55. The molecular formula is C21H23N3O.